The van der Waals surface area contributed by atoms with Crippen molar-refractivity contribution in [3.8, 4) is 0 Å². The lowest BCUT2D eigenvalue weighted by molar-refractivity contribution is -0.132. The van der Waals surface area contributed by atoms with Crippen molar-refractivity contribution in [2.45, 2.75) is 25.4 Å². The zero-order chi connectivity index (χ0) is 25.5. The van der Waals surface area contributed by atoms with Gasteiger partial charge in [0.25, 0.3) is 11.8 Å². The molecule has 0 aliphatic carbocycles. The maximum Gasteiger partial charge on any atom is 0.269 e. The van der Waals surface area contributed by atoms with Crippen LogP contribution in [0.5, 0.6) is 0 Å². The second kappa shape index (κ2) is 11.5. The summed E-state index contributed by atoms with van der Waals surface area (Å²) in [5.74, 6) is -1.95. The van der Waals surface area contributed by atoms with Crippen molar-refractivity contribution in [1.82, 2.24) is 20.7 Å². The Balaban J connectivity index is 1.48. The van der Waals surface area contributed by atoms with E-state index in [9.17, 15) is 18.8 Å². The minimum absolute atomic E-state index is 0.0655. The molecule has 0 spiro atoms. The molecule has 0 saturated carbocycles. The molecule has 4 rings (SSSR count). The molecule has 1 fully saturated rings. The van der Waals surface area contributed by atoms with Crippen molar-refractivity contribution in [3.05, 3.63) is 107 Å². The Morgan fingerprint density at radius 1 is 0.917 bits per heavy atom. The second-order valence-electron chi connectivity index (χ2n) is 8.32. The molecule has 0 bridgehead atoms. The first-order valence-electron chi connectivity index (χ1n) is 11.5. The normalized spacial score (nSPS) is 15.2. The quantitative estimate of drug-likeness (QED) is 0.438. The fourth-order valence-electron chi connectivity index (χ4n) is 3.91. The van der Waals surface area contributed by atoms with E-state index in [-0.39, 0.29) is 29.5 Å². The van der Waals surface area contributed by atoms with E-state index >= 15 is 0 Å². The molecule has 1 aliphatic heterocycles. The second-order valence-corrected chi connectivity index (χ2v) is 8.68. The van der Waals surface area contributed by atoms with Gasteiger partial charge in [0.15, 0.2) is 5.11 Å². The van der Waals surface area contributed by atoms with Crippen LogP contribution < -0.4 is 10.7 Å². The van der Waals surface area contributed by atoms with Crippen molar-refractivity contribution >= 4 is 35.1 Å². The molecule has 1 heterocycles. The van der Waals surface area contributed by atoms with Gasteiger partial charge in [-0.05, 0) is 48.0 Å². The third-order valence-corrected chi connectivity index (χ3v) is 6.17. The fraction of sp³-hybridized carbons (Fsp3) is 0.185. The molecule has 9 heteroatoms. The molecule has 36 heavy (non-hydrogen) atoms. The monoisotopic (exact) mass is 504 g/mol. The molecule has 3 amide bonds. The number of nitrogens with one attached hydrogen (secondary N) is 2. The van der Waals surface area contributed by atoms with E-state index in [0.717, 1.165) is 17.2 Å². The largest absolute Gasteiger partial charge is 0.356 e. The van der Waals surface area contributed by atoms with Crippen LogP contribution in [0.15, 0.2) is 84.9 Å². The summed E-state index contributed by atoms with van der Waals surface area (Å²) in [5.41, 5.74) is 4.59. The Kier molecular flexibility index (Phi) is 8.02. The summed E-state index contributed by atoms with van der Waals surface area (Å²) in [6.45, 7) is 0.592. The van der Waals surface area contributed by atoms with Gasteiger partial charge in [-0.15, -0.1) is 0 Å². The SMILES string of the molecule is O=C(C[C@H]1C(=O)N(Cc2ccccc2)C(=S)N1NC(=O)c1cccc(F)c1)NCCc1ccccc1. The van der Waals surface area contributed by atoms with E-state index in [4.69, 9.17) is 12.2 Å². The third-order valence-electron chi connectivity index (χ3n) is 5.75. The minimum atomic E-state index is -1.03. The van der Waals surface area contributed by atoms with Crippen LogP contribution in [0, 0.1) is 5.82 Å². The molecule has 1 saturated heterocycles. The minimum Gasteiger partial charge on any atom is -0.356 e. The lowest BCUT2D eigenvalue weighted by Crippen LogP contribution is -2.50. The van der Waals surface area contributed by atoms with E-state index in [2.05, 4.69) is 10.7 Å². The summed E-state index contributed by atoms with van der Waals surface area (Å²) in [6, 6.07) is 23.1. The Hall–Kier alpha value is -4.11. The number of nitrogens with zero attached hydrogens (tertiary/aromatic N) is 2. The maximum atomic E-state index is 13.6. The first kappa shape index (κ1) is 25.0. The van der Waals surface area contributed by atoms with E-state index in [1.54, 1.807) is 0 Å². The van der Waals surface area contributed by atoms with Crippen LogP contribution in [0.2, 0.25) is 0 Å². The van der Waals surface area contributed by atoms with Crippen molar-refractivity contribution in [3.63, 3.8) is 0 Å². The Morgan fingerprint density at radius 2 is 1.58 bits per heavy atom. The van der Waals surface area contributed by atoms with Crippen LogP contribution in [-0.2, 0) is 22.6 Å². The highest BCUT2D eigenvalue weighted by Crippen LogP contribution is 2.22. The average Bonchev–Trinajstić information content (AvgIpc) is 3.09. The Bertz CT molecular complexity index is 1260. The number of hydrazine groups is 1. The standard InChI is InChI=1S/C27H25FN4O3S/c28-22-13-7-12-21(16-22)25(34)30-32-23(17-24(33)29-15-14-19-8-3-1-4-9-19)26(35)31(27(32)36)18-20-10-5-2-6-11-20/h1-13,16,23H,14-15,17-18H2,(H,29,33)(H,30,34)/t23-/m0/s1. The number of halogens is 1. The molecule has 1 atom stereocenters. The predicted octanol–water partition coefficient (Wildman–Crippen LogP) is 3.22. The Labute approximate surface area is 213 Å². The topological polar surface area (TPSA) is 81.8 Å². The van der Waals surface area contributed by atoms with Crippen molar-refractivity contribution in [2.24, 2.45) is 0 Å². The molecule has 3 aromatic rings. The molecule has 7 nitrogen and oxygen atoms in total. The van der Waals surface area contributed by atoms with Crippen LogP contribution in [0.25, 0.3) is 0 Å². The zero-order valence-corrected chi connectivity index (χ0v) is 20.2. The van der Waals surface area contributed by atoms with E-state index in [1.165, 1.54) is 28.1 Å². The fourth-order valence-corrected chi connectivity index (χ4v) is 4.23. The molecule has 0 unspecified atom stereocenters. The van der Waals surface area contributed by atoms with Crippen LogP contribution >= 0.6 is 12.2 Å². The lowest BCUT2D eigenvalue weighted by atomic mass is 10.1. The van der Waals surface area contributed by atoms with E-state index in [1.807, 2.05) is 60.7 Å². The van der Waals surface area contributed by atoms with Gasteiger partial charge < -0.3 is 5.32 Å². The van der Waals surface area contributed by atoms with Gasteiger partial charge in [-0.25, -0.2) is 9.40 Å². The van der Waals surface area contributed by atoms with Crippen molar-refractivity contribution in [2.75, 3.05) is 6.54 Å². The summed E-state index contributed by atoms with van der Waals surface area (Å²) in [5, 5.41) is 4.12. The summed E-state index contributed by atoms with van der Waals surface area (Å²) in [6.07, 6.45) is 0.437. The van der Waals surface area contributed by atoms with Crippen LogP contribution in [-0.4, -0.2) is 45.3 Å². The first-order valence-corrected chi connectivity index (χ1v) is 11.9. The highest BCUT2D eigenvalue weighted by Gasteiger charge is 2.44. The Morgan fingerprint density at radius 3 is 2.25 bits per heavy atom. The van der Waals surface area contributed by atoms with Crippen molar-refractivity contribution < 1.29 is 18.8 Å². The highest BCUT2D eigenvalue weighted by molar-refractivity contribution is 7.80. The smallest absolute Gasteiger partial charge is 0.269 e. The lowest BCUT2D eigenvalue weighted by Gasteiger charge is -2.24. The highest BCUT2D eigenvalue weighted by atomic mass is 32.1. The summed E-state index contributed by atoms with van der Waals surface area (Å²) >= 11 is 5.52. The molecule has 1 aliphatic rings. The van der Waals surface area contributed by atoms with Gasteiger partial charge in [-0.3, -0.25) is 24.7 Å². The van der Waals surface area contributed by atoms with Gasteiger partial charge in [0.2, 0.25) is 5.91 Å². The van der Waals surface area contributed by atoms with Gasteiger partial charge in [-0.2, -0.15) is 0 Å². The molecule has 3 aromatic carbocycles. The van der Waals surface area contributed by atoms with Gasteiger partial charge in [-0.1, -0.05) is 66.7 Å². The van der Waals surface area contributed by atoms with Crippen LogP contribution in [0.1, 0.15) is 27.9 Å². The molecule has 0 aromatic heterocycles. The zero-order valence-electron chi connectivity index (χ0n) is 19.4. The molecule has 184 valence electrons. The predicted molar refractivity (Wildman–Crippen MR) is 137 cm³/mol. The number of carbonyl (C=O) groups is 3. The summed E-state index contributed by atoms with van der Waals surface area (Å²) in [7, 11) is 0. The van der Waals surface area contributed by atoms with Crippen LogP contribution in [0.3, 0.4) is 0 Å². The van der Waals surface area contributed by atoms with Gasteiger partial charge in [0, 0.05) is 12.1 Å². The van der Waals surface area contributed by atoms with E-state index < -0.39 is 23.7 Å². The number of amides is 3. The number of benzene rings is 3. The number of hydrogen-bond donors (Lipinski definition) is 2. The third kappa shape index (κ3) is 6.11. The van der Waals surface area contributed by atoms with Crippen molar-refractivity contribution in [1.29, 1.82) is 0 Å². The first-order chi connectivity index (χ1) is 17.4. The van der Waals surface area contributed by atoms with Crippen LogP contribution in [0.4, 0.5) is 4.39 Å². The molecule has 0 radical (unpaired) electrons. The van der Waals surface area contributed by atoms with Gasteiger partial charge in [0.05, 0.1) is 13.0 Å². The summed E-state index contributed by atoms with van der Waals surface area (Å²) < 4.78 is 13.6. The molecular weight excluding hydrogens is 479 g/mol. The number of rotatable bonds is 9. The van der Waals surface area contributed by atoms with Gasteiger partial charge in [0.1, 0.15) is 11.9 Å². The van der Waals surface area contributed by atoms with Gasteiger partial charge >= 0.3 is 0 Å². The number of carbonyl (C=O) groups excluding carboxylic acids is 3. The summed E-state index contributed by atoms with van der Waals surface area (Å²) in [4.78, 5) is 40.3. The molecule has 2 N–H and O–H groups in total. The number of hydrogen-bond acceptors (Lipinski definition) is 4. The van der Waals surface area contributed by atoms with E-state index in [0.29, 0.717) is 13.0 Å². The average molecular weight is 505 g/mol. The molecular formula is C27H25FN4O3S. The number of thiocarbonyl (C=S) groups is 1. The maximum absolute atomic E-state index is 13.6.